The zero-order chi connectivity index (χ0) is 13.3. The second-order valence-electron chi connectivity index (χ2n) is 5.52. The summed E-state index contributed by atoms with van der Waals surface area (Å²) in [7, 11) is 0. The Morgan fingerprint density at radius 3 is 2.41 bits per heavy atom. The molecule has 0 bridgehead atoms. The zero-order valence-electron chi connectivity index (χ0n) is 11.9. The van der Waals surface area contributed by atoms with Gasteiger partial charge in [0.05, 0.1) is 0 Å². The third kappa shape index (κ3) is 11.5. The Morgan fingerprint density at radius 2 is 1.88 bits per heavy atom. The van der Waals surface area contributed by atoms with E-state index in [9.17, 15) is 4.79 Å². The lowest BCUT2D eigenvalue weighted by molar-refractivity contribution is 0.0488. The van der Waals surface area contributed by atoms with E-state index in [1.807, 2.05) is 20.8 Å². The summed E-state index contributed by atoms with van der Waals surface area (Å²) in [6.45, 7) is 9.80. The predicted octanol–water partition coefficient (Wildman–Crippen LogP) is 3.37. The smallest absolute Gasteiger partial charge is 0.422 e. The fourth-order valence-corrected chi connectivity index (χ4v) is 1.44. The van der Waals surface area contributed by atoms with Gasteiger partial charge in [-0.05, 0) is 34.1 Å². The Balaban J connectivity index is 3.55. The number of unbranched alkanes of at least 4 members (excludes halogenated alkanes) is 3. The van der Waals surface area contributed by atoms with Crippen molar-refractivity contribution in [2.75, 3.05) is 0 Å². The van der Waals surface area contributed by atoms with Gasteiger partial charge in [0.2, 0.25) is 0 Å². The minimum Gasteiger partial charge on any atom is -0.443 e. The van der Waals surface area contributed by atoms with Crippen molar-refractivity contribution >= 4 is 6.09 Å². The van der Waals surface area contributed by atoms with Crippen LogP contribution in [0.4, 0.5) is 4.79 Å². The van der Waals surface area contributed by atoms with E-state index in [2.05, 4.69) is 24.7 Å². The number of rotatable bonds is 7. The van der Waals surface area contributed by atoms with Crippen molar-refractivity contribution < 1.29 is 9.53 Å². The molecule has 0 aliphatic rings. The average Bonchev–Trinajstić information content (AvgIpc) is 2.19. The number of hydrogen-bond acceptors (Lipinski definition) is 3. The van der Waals surface area contributed by atoms with E-state index in [1.54, 1.807) is 0 Å². The van der Waals surface area contributed by atoms with Crippen molar-refractivity contribution in [1.29, 1.82) is 0 Å². The molecule has 1 amide bonds. The molecular formula is C13H28N2O2. The monoisotopic (exact) mass is 244 g/mol. The minimum atomic E-state index is -0.448. The second-order valence-corrected chi connectivity index (χ2v) is 5.52. The van der Waals surface area contributed by atoms with Crippen LogP contribution in [0.25, 0.3) is 0 Å². The van der Waals surface area contributed by atoms with Crippen LogP contribution in [0.3, 0.4) is 0 Å². The van der Waals surface area contributed by atoms with Crippen LogP contribution in [-0.4, -0.2) is 17.7 Å². The number of hydrogen-bond donors (Lipinski definition) is 2. The van der Waals surface area contributed by atoms with Crippen molar-refractivity contribution in [3.63, 3.8) is 0 Å². The first-order chi connectivity index (χ1) is 7.85. The molecule has 0 saturated carbocycles. The van der Waals surface area contributed by atoms with Crippen LogP contribution < -0.4 is 10.9 Å². The van der Waals surface area contributed by atoms with Crippen LogP contribution in [0.2, 0.25) is 0 Å². The number of hydrazine groups is 1. The van der Waals surface area contributed by atoms with E-state index in [4.69, 9.17) is 4.74 Å². The quantitative estimate of drug-likeness (QED) is 0.533. The summed E-state index contributed by atoms with van der Waals surface area (Å²) in [5, 5.41) is 0. The average molecular weight is 244 g/mol. The molecule has 0 fully saturated rings. The third-order valence-corrected chi connectivity index (χ3v) is 2.31. The fourth-order valence-electron chi connectivity index (χ4n) is 1.44. The fraction of sp³-hybridized carbons (Fsp3) is 0.923. The maximum absolute atomic E-state index is 11.3. The molecule has 2 N–H and O–H groups in total. The standard InChI is InChI=1S/C13H28N2O2/c1-6-7-8-9-10-11(2)14-15-12(16)17-13(3,4)5/h11,14H,6-10H2,1-5H3,(H,15,16). The largest absolute Gasteiger partial charge is 0.443 e. The van der Waals surface area contributed by atoms with E-state index < -0.39 is 11.7 Å². The predicted molar refractivity (Wildman–Crippen MR) is 70.7 cm³/mol. The van der Waals surface area contributed by atoms with Crippen LogP contribution in [0.5, 0.6) is 0 Å². The lowest BCUT2D eigenvalue weighted by Gasteiger charge is -2.21. The molecule has 0 aliphatic heterocycles. The molecule has 0 saturated heterocycles. The molecule has 17 heavy (non-hydrogen) atoms. The number of ether oxygens (including phenoxy) is 1. The highest BCUT2D eigenvalue weighted by Gasteiger charge is 2.16. The van der Waals surface area contributed by atoms with Gasteiger partial charge in [-0.2, -0.15) is 0 Å². The maximum Gasteiger partial charge on any atom is 0.422 e. The molecule has 102 valence electrons. The molecule has 0 aromatic rings. The molecule has 1 atom stereocenters. The number of carbonyl (C=O) groups is 1. The molecule has 4 heteroatoms. The van der Waals surface area contributed by atoms with Gasteiger partial charge in [0.1, 0.15) is 5.60 Å². The summed E-state index contributed by atoms with van der Waals surface area (Å²) < 4.78 is 5.12. The van der Waals surface area contributed by atoms with Gasteiger partial charge < -0.3 is 4.74 Å². The van der Waals surface area contributed by atoms with Crippen molar-refractivity contribution in [2.45, 2.75) is 78.4 Å². The van der Waals surface area contributed by atoms with Crippen molar-refractivity contribution in [1.82, 2.24) is 10.9 Å². The first kappa shape index (κ1) is 16.2. The van der Waals surface area contributed by atoms with Gasteiger partial charge in [0.25, 0.3) is 0 Å². The lowest BCUT2D eigenvalue weighted by atomic mass is 10.1. The van der Waals surface area contributed by atoms with Gasteiger partial charge in [-0.1, -0.05) is 32.6 Å². The molecule has 0 radical (unpaired) electrons. The molecule has 0 aliphatic carbocycles. The molecule has 0 aromatic heterocycles. The lowest BCUT2D eigenvalue weighted by Crippen LogP contribution is -2.45. The van der Waals surface area contributed by atoms with Crippen molar-refractivity contribution in [3.05, 3.63) is 0 Å². The van der Waals surface area contributed by atoms with Crippen LogP contribution >= 0.6 is 0 Å². The molecule has 4 nitrogen and oxygen atoms in total. The van der Waals surface area contributed by atoms with Crippen LogP contribution in [-0.2, 0) is 4.74 Å². The maximum atomic E-state index is 11.3. The van der Waals surface area contributed by atoms with Gasteiger partial charge in [-0.15, -0.1) is 0 Å². The van der Waals surface area contributed by atoms with Crippen LogP contribution in [0, 0.1) is 0 Å². The minimum absolute atomic E-state index is 0.277. The van der Waals surface area contributed by atoms with Crippen molar-refractivity contribution in [3.8, 4) is 0 Å². The van der Waals surface area contributed by atoms with Crippen molar-refractivity contribution in [2.24, 2.45) is 0 Å². The SMILES string of the molecule is CCCCCCC(C)NNC(=O)OC(C)(C)C. The van der Waals surface area contributed by atoms with E-state index in [-0.39, 0.29) is 6.04 Å². The van der Waals surface area contributed by atoms with Gasteiger partial charge in [-0.25, -0.2) is 10.2 Å². The third-order valence-electron chi connectivity index (χ3n) is 2.31. The van der Waals surface area contributed by atoms with Gasteiger partial charge >= 0.3 is 6.09 Å². The van der Waals surface area contributed by atoms with Gasteiger partial charge in [0, 0.05) is 6.04 Å². The van der Waals surface area contributed by atoms with E-state index in [1.165, 1.54) is 25.7 Å². The summed E-state index contributed by atoms with van der Waals surface area (Å²) in [5.74, 6) is 0. The molecule has 0 aromatic carbocycles. The van der Waals surface area contributed by atoms with Gasteiger partial charge in [-0.3, -0.25) is 5.43 Å². The highest BCUT2D eigenvalue weighted by atomic mass is 16.6. The normalized spacial score (nSPS) is 13.2. The Kier molecular flexibility index (Phi) is 7.96. The summed E-state index contributed by atoms with van der Waals surface area (Å²) in [5.41, 5.74) is 5.08. The summed E-state index contributed by atoms with van der Waals surface area (Å²) >= 11 is 0. The topological polar surface area (TPSA) is 50.4 Å². The first-order valence-corrected chi connectivity index (χ1v) is 6.59. The van der Waals surface area contributed by atoms with E-state index >= 15 is 0 Å². The summed E-state index contributed by atoms with van der Waals surface area (Å²) in [4.78, 5) is 11.3. The Morgan fingerprint density at radius 1 is 1.24 bits per heavy atom. The molecule has 0 spiro atoms. The highest BCUT2D eigenvalue weighted by Crippen LogP contribution is 2.07. The number of carbonyl (C=O) groups excluding carboxylic acids is 1. The summed E-state index contributed by atoms with van der Waals surface area (Å²) in [6, 6.07) is 0.277. The Bertz CT molecular complexity index is 212. The summed E-state index contributed by atoms with van der Waals surface area (Å²) in [6.07, 6.45) is 5.63. The highest BCUT2D eigenvalue weighted by molar-refractivity contribution is 5.66. The molecular weight excluding hydrogens is 216 g/mol. The van der Waals surface area contributed by atoms with Gasteiger partial charge in [0.15, 0.2) is 0 Å². The Labute approximate surface area is 105 Å². The van der Waals surface area contributed by atoms with E-state index in [0.29, 0.717) is 0 Å². The first-order valence-electron chi connectivity index (χ1n) is 6.59. The Hall–Kier alpha value is -0.770. The molecule has 1 unspecified atom stereocenters. The van der Waals surface area contributed by atoms with Crippen LogP contribution in [0.15, 0.2) is 0 Å². The zero-order valence-corrected chi connectivity index (χ0v) is 11.9. The van der Waals surface area contributed by atoms with E-state index in [0.717, 1.165) is 6.42 Å². The molecule has 0 rings (SSSR count). The van der Waals surface area contributed by atoms with Crippen LogP contribution in [0.1, 0.15) is 66.7 Å². The second kappa shape index (κ2) is 8.34. The number of nitrogens with one attached hydrogen (secondary N) is 2. The number of amides is 1. The molecule has 0 heterocycles.